The summed E-state index contributed by atoms with van der Waals surface area (Å²) >= 11 is 0. The van der Waals surface area contributed by atoms with Gasteiger partial charge in [-0.05, 0) is 63.9 Å². The fourth-order valence-electron chi connectivity index (χ4n) is 4.07. The zero-order valence-corrected chi connectivity index (χ0v) is 24.9. The fourth-order valence-corrected chi connectivity index (χ4v) is 5.48. The summed E-state index contributed by atoms with van der Waals surface area (Å²) in [5, 5.41) is 2.94. The molecule has 0 bridgehead atoms. The summed E-state index contributed by atoms with van der Waals surface area (Å²) in [5.41, 5.74) is 3.09. The SMILES string of the molecule is CC[C@@H](C)NC(=O)[C@@H](C)N(Cc1ccc(C)cc1)C(=O)CN(c1cccc(OC)c1)S(=O)(=O)c1ccc(C)cc1. The van der Waals surface area contributed by atoms with E-state index >= 15 is 0 Å². The van der Waals surface area contributed by atoms with E-state index in [1.165, 1.54) is 24.1 Å². The van der Waals surface area contributed by atoms with E-state index < -0.39 is 28.5 Å². The molecule has 40 heavy (non-hydrogen) atoms. The van der Waals surface area contributed by atoms with Crippen molar-refractivity contribution in [1.29, 1.82) is 0 Å². The van der Waals surface area contributed by atoms with Crippen LogP contribution >= 0.6 is 0 Å². The van der Waals surface area contributed by atoms with E-state index in [-0.39, 0.29) is 29.1 Å². The minimum Gasteiger partial charge on any atom is -0.497 e. The first-order chi connectivity index (χ1) is 19.0. The van der Waals surface area contributed by atoms with Crippen molar-refractivity contribution in [3.63, 3.8) is 0 Å². The number of hydrogen-bond donors (Lipinski definition) is 1. The number of benzene rings is 3. The molecule has 2 amide bonds. The lowest BCUT2D eigenvalue weighted by molar-refractivity contribution is -0.139. The predicted molar refractivity (Wildman–Crippen MR) is 158 cm³/mol. The van der Waals surface area contributed by atoms with Crippen molar-refractivity contribution in [2.24, 2.45) is 0 Å². The highest BCUT2D eigenvalue weighted by Crippen LogP contribution is 2.28. The lowest BCUT2D eigenvalue weighted by atomic mass is 10.1. The number of hydrogen-bond acceptors (Lipinski definition) is 5. The number of ether oxygens (including phenoxy) is 1. The molecule has 0 aliphatic heterocycles. The first kappa shape index (κ1) is 30.7. The van der Waals surface area contributed by atoms with Crippen LogP contribution in [0.3, 0.4) is 0 Å². The van der Waals surface area contributed by atoms with Crippen LogP contribution < -0.4 is 14.4 Å². The van der Waals surface area contributed by atoms with E-state index in [1.807, 2.05) is 52.0 Å². The molecule has 3 rings (SSSR count). The smallest absolute Gasteiger partial charge is 0.264 e. The van der Waals surface area contributed by atoms with Gasteiger partial charge in [-0.1, -0.05) is 60.5 Å². The van der Waals surface area contributed by atoms with E-state index in [0.29, 0.717) is 5.75 Å². The number of carbonyl (C=O) groups excluding carboxylic acids is 2. The number of methoxy groups -OCH3 is 1. The van der Waals surface area contributed by atoms with Crippen molar-refractivity contribution in [3.8, 4) is 5.75 Å². The van der Waals surface area contributed by atoms with Gasteiger partial charge in [-0.25, -0.2) is 8.42 Å². The van der Waals surface area contributed by atoms with Crippen LogP contribution in [0.5, 0.6) is 5.75 Å². The molecule has 9 heteroatoms. The monoisotopic (exact) mass is 565 g/mol. The average molecular weight is 566 g/mol. The maximum atomic E-state index is 14.0. The second kappa shape index (κ2) is 13.5. The van der Waals surface area contributed by atoms with Gasteiger partial charge in [0.15, 0.2) is 0 Å². The Morgan fingerprint density at radius 3 is 2.10 bits per heavy atom. The molecule has 0 aromatic heterocycles. The summed E-state index contributed by atoms with van der Waals surface area (Å²) in [6, 6.07) is 19.8. The third-order valence-corrected chi connectivity index (χ3v) is 8.66. The Hall–Kier alpha value is -3.85. The molecule has 0 spiro atoms. The lowest BCUT2D eigenvalue weighted by Crippen LogP contribution is -2.52. The van der Waals surface area contributed by atoms with Gasteiger partial charge in [-0.3, -0.25) is 13.9 Å². The van der Waals surface area contributed by atoms with Crippen molar-refractivity contribution < 1.29 is 22.7 Å². The molecule has 0 radical (unpaired) electrons. The lowest BCUT2D eigenvalue weighted by Gasteiger charge is -2.32. The molecule has 0 unspecified atom stereocenters. The molecule has 3 aromatic carbocycles. The Labute approximate surface area is 238 Å². The summed E-state index contributed by atoms with van der Waals surface area (Å²) in [6.45, 7) is 9.00. The van der Waals surface area contributed by atoms with Crippen LogP contribution in [-0.2, 0) is 26.2 Å². The largest absolute Gasteiger partial charge is 0.497 e. The minimum atomic E-state index is -4.14. The molecule has 0 heterocycles. The van der Waals surface area contributed by atoms with E-state index in [0.717, 1.165) is 27.4 Å². The molecule has 0 saturated heterocycles. The molecule has 3 aromatic rings. The second-order valence-electron chi connectivity index (χ2n) is 10.0. The highest BCUT2D eigenvalue weighted by atomic mass is 32.2. The van der Waals surface area contributed by atoms with Gasteiger partial charge in [-0.15, -0.1) is 0 Å². The van der Waals surface area contributed by atoms with Crippen LogP contribution in [-0.4, -0.2) is 50.9 Å². The first-order valence-electron chi connectivity index (χ1n) is 13.3. The third kappa shape index (κ3) is 7.63. The maximum Gasteiger partial charge on any atom is 0.264 e. The molecular weight excluding hydrogens is 526 g/mol. The van der Waals surface area contributed by atoms with Gasteiger partial charge in [-0.2, -0.15) is 0 Å². The Kier molecular flexibility index (Phi) is 10.3. The normalized spacial score (nSPS) is 12.8. The number of aryl methyl sites for hydroxylation is 2. The molecule has 2 atom stereocenters. The zero-order valence-electron chi connectivity index (χ0n) is 24.0. The maximum absolute atomic E-state index is 14.0. The van der Waals surface area contributed by atoms with Gasteiger partial charge < -0.3 is 15.0 Å². The summed E-state index contributed by atoms with van der Waals surface area (Å²) in [4.78, 5) is 28.6. The molecular formula is C31H39N3O5S. The Bertz CT molecular complexity index is 1410. The summed E-state index contributed by atoms with van der Waals surface area (Å²) in [5.74, 6) is -0.359. The fraction of sp³-hybridized carbons (Fsp3) is 0.355. The number of amides is 2. The summed E-state index contributed by atoms with van der Waals surface area (Å²) in [6.07, 6.45) is 0.739. The van der Waals surface area contributed by atoms with E-state index in [2.05, 4.69) is 5.32 Å². The number of anilines is 1. The highest BCUT2D eigenvalue weighted by Gasteiger charge is 2.33. The second-order valence-corrected chi connectivity index (χ2v) is 11.9. The quantitative estimate of drug-likeness (QED) is 0.339. The van der Waals surface area contributed by atoms with Crippen LogP contribution in [0.15, 0.2) is 77.7 Å². The number of rotatable bonds is 12. The average Bonchev–Trinajstić information content (AvgIpc) is 2.95. The topological polar surface area (TPSA) is 96.0 Å². The first-order valence-corrected chi connectivity index (χ1v) is 14.8. The van der Waals surface area contributed by atoms with Crippen molar-refractivity contribution in [1.82, 2.24) is 10.2 Å². The van der Waals surface area contributed by atoms with Crippen molar-refractivity contribution in [3.05, 3.63) is 89.5 Å². The molecule has 8 nitrogen and oxygen atoms in total. The Morgan fingerprint density at radius 1 is 0.925 bits per heavy atom. The molecule has 1 N–H and O–H groups in total. The number of nitrogens with zero attached hydrogens (tertiary/aromatic N) is 2. The standard InChI is InChI=1S/C31H39N3O5S/c1-7-24(4)32-31(36)25(5)33(20-26-15-11-22(2)12-16-26)30(35)21-34(27-9-8-10-28(19-27)39-6)40(37,38)29-17-13-23(3)14-18-29/h8-19,24-25H,7,20-21H2,1-6H3,(H,32,36)/t24-,25-/m1/s1. The Morgan fingerprint density at radius 2 is 1.52 bits per heavy atom. The highest BCUT2D eigenvalue weighted by molar-refractivity contribution is 7.92. The number of nitrogens with one attached hydrogen (secondary N) is 1. The predicted octanol–water partition coefficient (Wildman–Crippen LogP) is 4.84. The van der Waals surface area contributed by atoms with Gasteiger partial charge >= 0.3 is 0 Å². The van der Waals surface area contributed by atoms with E-state index in [9.17, 15) is 18.0 Å². The van der Waals surface area contributed by atoms with E-state index in [1.54, 1.807) is 43.3 Å². The molecule has 0 aliphatic rings. The van der Waals surface area contributed by atoms with Crippen LogP contribution in [0, 0.1) is 13.8 Å². The minimum absolute atomic E-state index is 0.0568. The van der Waals surface area contributed by atoms with Crippen molar-refractivity contribution in [2.45, 2.75) is 64.6 Å². The van der Waals surface area contributed by atoms with Gasteiger partial charge in [0.2, 0.25) is 11.8 Å². The van der Waals surface area contributed by atoms with Crippen LogP contribution in [0.25, 0.3) is 0 Å². The third-order valence-electron chi connectivity index (χ3n) is 6.87. The van der Waals surface area contributed by atoms with Gasteiger partial charge in [0.25, 0.3) is 10.0 Å². The van der Waals surface area contributed by atoms with Crippen LogP contribution in [0.1, 0.15) is 43.9 Å². The van der Waals surface area contributed by atoms with Crippen LogP contribution in [0.2, 0.25) is 0 Å². The summed E-state index contributed by atoms with van der Waals surface area (Å²) < 4.78 is 34.2. The van der Waals surface area contributed by atoms with Crippen molar-refractivity contribution in [2.75, 3.05) is 18.0 Å². The number of sulfonamides is 1. The summed E-state index contributed by atoms with van der Waals surface area (Å²) in [7, 11) is -2.65. The van der Waals surface area contributed by atoms with Crippen molar-refractivity contribution >= 4 is 27.5 Å². The van der Waals surface area contributed by atoms with E-state index in [4.69, 9.17) is 4.74 Å². The van der Waals surface area contributed by atoms with Crippen LogP contribution in [0.4, 0.5) is 5.69 Å². The zero-order chi connectivity index (χ0) is 29.4. The number of carbonyl (C=O) groups is 2. The van der Waals surface area contributed by atoms with Gasteiger partial charge in [0, 0.05) is 18.7 Å². The van der Waals surface area contributed by atoms with Gasteiger partial charge in [0.1, 0.15) is 18.3 Å². The molecule has 0 aliphatic carbocycles. The molecule has 0 fully saturated rings. The molecule has 214 valence electrons. The molecule has 0 saturated carbocycles. The van der Waals surface area contributed by atoms with Gasteiger partial charge in [0.05, 0.1) is 17.7 Å². The Balaban J connectivity index is 2.04.